The van der Waals surface area contributed by atoms with Gasteiger partial charge in [-0.05, 0) is 57.3 Å². The Morgan fingerprint density at radius 3 is 2.27 bits per heavy atom. The summed E-state index contributed by atoms with van der Waals surface area (Å²) >= 11 is 1.67. The molecule has 0 atom stereocenters. The number of thioether (sulfide) groups is 1. The number of carbonyl (C=O) groups is 2. The first-order valence-corrected chi connectivity index (χ1v) is 12.4. The van der Waals surface area contributed by atoms with Gasteiger partial charge in [-0.2, -0.15) is 0 Å². The van der Waals surface area contributed by atoms with Crippen molar-refractivity contribution in [3.05, 3.63) is 29.8 Å². The maximum Gasteiger partial charge on any atom is 0.253 e. The van der Waals surface area contributed by atoms with Crippen molar-refractivity contribution in [3.63, 3.8) is 0 Å². The maximum atomic E-state index is 12.8. The third-order valence-corrected chi connectivity index (χ3v) is 7.16. The Balaban J connectivity index is 1.41. The second-order valence-corrected chi connectivity index (χ2v) is 9.23. The molecule has 0 unspecified atom stereocenters. The lowest BCUT2D eigenvalue weighted by Crippen LogP contribution is -2.55. The molecule has 1 aromatic rings. The van der Waals surface area contributed by atoms with E-state index in [-0.39, 0.29) is 11.8 Å². The van der Waals surface area contributed by atoms with Crippen LogP contribution in [0.1, 0.15) is 36.5 Å². The number of carbonyl (C=O) groups excluding carboxylic acids is 2. The average molecular weight is 433 g/mol. The zero-order chi connectivity index (χ0) is 21.5. The molecule has 0 radical (unpaired) electrons. The van der Waals surface area contributed by atoms with Crippen molar-refractivity contribution < 1.29 is 9.59 Å². The summed E-state index contributed by atoms with van der Waals surface area (Å²) in [6, 6.07) is 8.53. The molecule has 1 saturated heterocycles. The van der Waals surface area contributed by atoms with Gasteiger partial charge in [0.1, 0.15) is 0 Å². The van der Waals surface area contributed by atoms with Crippen LogP contribution in [0.2, 0.25) is 0 Å². The molecule has 0 N–H and O–H groups in total. The molecule has 0 spiro atoms. The van der Waals surface area contributed by atoms with Crippen LogP contribution in [0.25, 0.3) is 0 Å². The molecule has 1 aliphatic carbocycles. The predicted octanol–water partition coefficient (Wildman–Crippen LogP) is 2.50. The van der Waals surface area contributed by atoms with Crippen LogP contribution < -0.4 is 0 Å². The number of hydrogen-bond donors (Lipinski definition) is 0. The first-order chi connectivity index (χ1) is 14.5. The fourth-order valence-corrected chi connectivity index (χ4v) is 4.52. The second kappa shape index (κ2) is 11.2. The molecule has 2 amide bonds. The van der Waals surface area contributed by atoms with Gasteiger partial charge in [0.15, 0.2) is 0 Å². The van der Waals surface area contributed by atoms with E-state index in [1.165, 1.54) is 19.3 Å². The predicted molar refractivity (Wildman–Crippen MR) is 123 cm³/mol. The molecule has 1 aromatic carbocycles. The van der Waals surface area contributed by atoms with Crippen LogP contribution >= 0.6 is 11.8 Å². The van der Waals surface area contributed by atoms with Gasteiger partial charge in [-0.3, -0.25) is 19.4 Å². The van der Waals surface area contributed by atoms with Gasteiger partial charge in [0.25, 0.3) is 5.91 Å². The van der Waals surface area contributed by atoms with Gasteiger partial charge in [0.2, 0.25) is 5.91 Å². The summed E-state index contributed by atoms with van der Waals surface area (Å²) in [5.41, 5.74) is 0.720. The van der Waals surface area contributed by atoms with Gasteiger partial charge in [-0.1, -0.05) is 6.42 Å². The molecule has 30 heavy (non-hydrogen) atoms. The lowest BCUT2D eigenvalue weighted by molar-refractivity contribution is -0.134. The van der Waals surface area contributed by atoms with Crippen molar-refractivity contribution >= 4 is 23.6 Å². The van der Waals surface area contributed by atoms with E-state index in [2.05, 4.69) is 4.90 Å². The minimum absolute atomic E-state index is 0.0528. The van der Waals surface area contributed by atoms with E-state index in [1.807, 2.05) is 59.2 Å². The van der Waals surface area contributed by atoms with Crippen molar-refractivity contribution in [3.8, 4) is 0 Å². The zero-order valence-corrected chi connectivity index (χ0v) is 19.5. The summed E-state index contributed by atoms with van der Waals surface area (Å²) in [6.07, 6.45) is 6.03. The molecule has 166 valence electrons. The van der Waals surface area contributed by atoms with Crippen LogP contribution in [-0.4, -0.2) is 103 Å². The highest BCUT2D eigenvalue weighted by atomic mass is 32.2. The van der Waals surface area contributed by atoms with Crippen molar-refractivity contribution in [1.29, 1.82) is 0 Å². The van der Waals surface area contributed by atoms with E-state index in [9.17, 15) is 9.59 Å². The largest absolute Gasteiger partial charge is 0.339 e. The molecule has 1 saturated carbocycles. The Labute approximate surface area is 185 Å². The summed E-state index contributed by atoms with van der Waals surface area (Å²) < 4.78 is 0. The van der Waals surface area contributed by atoms with Crippen LogP contribution in [0, 0.1) is 0 Å². The molecule has 6 nitrogen and oxygen atoms in total. The molecule has 7 heteroatoms. The first kappa shape index (κ1) is 23.1. The summed E-state index contributed by atoms with van der Waals surface area (Å²) in [5.74, 6) is 0.254. The molecule has 0 aromatic heterocycles. The molecular formula is C23H36N4O2S. The fourth-order valence-electron chi connectivity index (χ4n) is 4.11. The van der Waals surface area contributed by atoms with Crippen LogP contribution in [0.15, 0.2) is 29.2 Å². The molecule has 3 rings (SSSR count). The minimum atomic E-state index is 0.0528. The van der Waals surface area contributed by atoms with Gasteiger partial charge in [-0.25, -0.2) is 0 Å². The van der Waals surface area contributed by atoms with Gasteiger partial charge >= 0.3 is 0 Å². The maximum absolute atomic E-state index is 12.8. The quantitative estimate of drug-likeness (QED) is 0.561. The summed E-state index contributed by atoms with van der Waals surface area (Å²) in [5, 5.41) is 0. The van der Waals surface area contributed by atoms with E-state index < -0.39 is 0 Å². The van der Waals surface area contributed by atoms with E-state index in [1.54, 1.807) is 11.8 Å². The minimum Gasteiger partial charge on any atom is -0.339 e. The number of likely N-dealkylation sites (N-methyl/N-ethyl adjacent to an activating group) is 2. The normalized spacial score (nSPS) is 17.8. The Morgan fingerprint density at radius 2 is 1.73 bits per heavy atom. The fraction of sp³-hybridized carbons (Fsp3) is 0.652. The SMILES string of the molecule is CCN(CCN(C)CC(=O)N1CCN(C2CCC2)CC1)C(=O)c1ccc(SC)cc1. The zero-order valence-electron chi connectivity index (χ0n) is 18.7. The van der Waals surface area contributed by atoms with Crippen LogP contribution in [0.5, 0.6) is 0 Å². The van der Waals surface area contributed by atoms with Crippen molar-refractivity contribution in [1.82, 2.24) is 19.6 Å². The van der Waals surface area contributed by atoms with E-state index in [4.69, 9.17) is 0 Å². The Kier molecular flexibility index (Phi) is 8.60. The third kappa shape index (κ3) is 5.99. The summed E-state index contributed by atoms with van der Waals surface area (Å²) in [7, 11) is 1.97. The van der Waals surface area contributed by atoms with Crippen LogP contribution in [0.3, 0.4) is 0 Å². The molecule has 1 aliphatic heterocycles. The summed E-state index contributed by atoms with van der Waals surface area (Å²) in [6.45, 7) is 8.09. The Hall–Kier alpha value is -1.57. The van der Waals surface area contributed by atoms with Gasteiger partial charge in [-0.15, -0.1) is 11.8 Å². The van der Waals surface area contributed by atoms with Gasteiger partial charge in [0, 0.05) is 62.3 Å². The monoisotopic (exact) mass is 432 g/mol. The topological polar surface area (TPSA) is 47.1 Å². The third-order valence-electron chi connectivity index (χ3n) is 6.42. The highest BCUT2D eigenvalue weighted by Gasteiger charge is 2.29. The molecule has 0 bridgehead atoms. The Bertz CT molecular complexity index is 700. The number of nitrogens with zero attached hydrogens (tertiary/aromatic N) is 4. The molecule has 2 aliphatic rings. The standard InChI is InChI=1S/C23H36N4O2S/c1-4-25(23(29)19-8-10-21(30-3)11-9-19)13-12-24(2)18-22(28)27-16-14-26(15-17-27)20-6-5-7-20/h8-11,20H,4-7,12-18H2,1-3H3. The summed E-state index contributed by atoms with van der Waals surface area (Å²) in [4.78, 5) is 35.1. The van der Waals surface area contributed by atoms with E-state index >= 15 is 0 Å². The van der Waals surface area contributed by atoms with Gasteiger partial charge in [0.05, 0.1) is 6.54 Å². The highest BCUT2D eigenvalue weighted by molar-refractivity contribution is 7.98. The lowest BCUT2D eigenvalue weighted by atomic mass is 9.91. The number of benzene rings is 1. The average Bonchev–Trinajstić information content (AvgIpc) is 2.73. The highest BCUT2D eigenvalue weighted by Crippen LogP contribution is 2.25. The lowest BCUT2D eigenvalue weighted by Gasteiger charge is -2.43. The van der Waals surface area contributed by atoms with Crippen LogP contribution in [-0.2, 0) is 4.79 Å². The number of piperazine rings is 1. The van der Waals surface area contributed by atoms with Crippen molar-refractivity contribution in [2.75, 3.05) is 65.7 Å². The van der Waals surface area contributed by atoms with Gasteiger partial charge < -0.3 is 9.80 Å². The van der Waals surface area contributed by atoms with E-state index in [0.29, 0.717) is 26.2 Å². The van der Waals surface area contributed by atoms with Crippen LogP contribution in [0.4, 0.5) is 0 Å². The number of amides is 2. The smallest absolute Gasteiger partial charge is 0.253 e. The Morgan fingerprint density at radius 1 is 1.07 bits per heavy atom. The van der Waals surface area contributed by atoms with Crippen molar-refractivity contribution in [2.45, 2.75) is 37.1 Å². The van der Waals surface area contributed by atoms with E-state index in [0.717, 1.165) is 42.7 Å². The van der Waals surface area contributed by atoms with Crippen molar-refractivity contribution in [2.24, 2.45) is 0 Å². The first-order valence-electron chi connectivity index (χ1n) is 11.2. The molecular weight excluding hydrogens is 396 g/mol. The second-order valence-electron chi connectivity index (χ2n) is 8.35. The molecule has 2 fully saturated rings. The number of hydrogen-bond acceptors (Lipinski definition) is 5. The molecule has 1 heterocycles. The number of rotatable bonds is 9.